The Morgan fingerprint density at radius 1 is 1.20 bits per heavy atom. The van der Waals surface area contributed by atoms with E-state index in [4.69, 9.17) is 11.6 Å². The molecule has 3 aliphatic heterocycles. The molecule has 25 heavy (non-hydrogen) atoms. The lowest BCUT2D eigenvalue weighted by atomic mass is 9.76. The number of nitrogens with zero attached hydrogens (tertiary/aromatic N) is 2. The molecule has 2 bridgehead atoms. The van der Waals surface area contributed by atoms with Crippen molar-refractivity contribution in [3.8, 4) is 0 Å². The molecule has 130 valence electrons. The van der Waals surface area contributed by atoms with Gasteiger partial charge in [-0.15, -0.1) is 0 Å². The Hall–Kier alpha value is -1.91. The maximum atomic E-state index is 12.7. The average molecular weight is 356 g/mol. The fourth-order valence-corrected chi connectivity index (χ4v) is 4.34. The van der Waals surface area contributed by atoms with Crippen molar-refractivity contribution in [2.75, 3.05) is 13.1 Å². The van der Waals surface area contributed by atoms with E-state index >= 15 is 0 Å². The SMILES string of the molecule is O=C(N[C@@H]1C2CCN(CC2)[C@@H]1Cc1cccnc1)c1ccc(Cl)cc1. The Kier molecular flexibility index (Phi) is 4.73. The first-order valence-corrected chi connectivity index (χ1v) is 9.28. The summed E-state index contributed by atoms with van der Waals surface area (Å²) < 4.78 is 0. The molecule has 5 rings (SSSR count). The largest absolute Gasteiger partial charge is 0.347 e. The van der Waals surface area contributed by atoms with Gasteiger partial charge in [0.2, 0.25) is 0 Å². The maximum absolute atomic E-state index is 12.7. The van der Waals surface area contributed by atoms with Crippen LogP contribution >= 0.6 is 11.6 Å². The molecule has 0 spiro atoms. The van der Waals surface area contributed by atoms with Crippen molar-refractivity contribution in [2.24, 2.45) is 5.92 Å². The van der Waals surface area contributed by atoms with Crippen LogP contribution in [0.25, 0.3) is 0 Å². The molecule has 1 aromatic carbocycles. The monoisotopic (exact) mass is 355 g/mol. The number of carbonyl (C=O) groups excluding carboxylic acids is 1. The minimum absolute atomic E-state index is 0.00777. The van der Waals surface area contributed by atoms with Crippen LogP contribution in [0.15, 0.2) is 48.8 Å². The number of piperidine rings is 3. The highest BCUT2D eigenvalue weighted by atomic mass is 35.5. The molecule has 3 fully saturated rings. The van der Waals surface area contributed by atoms with Gasteiger partial charge in [-0.3, -0.25) is 14.7 Å². The van der Waals surface area contributed by atoms with Crippen molar-refractivity contribution in [2.45, 2.75) is 31.3 Å². The van der Waals surface area contributed by atoms with E-state index in [0.29, 0.717) is 22.5 Å². The Balaban J connectivity index is 1.52. The second-order valence-electron chi connectivity index (χ2n) is 7.01. The van der Waals surface area contributed by atoms with Gasteiger partial charge in [-0.25, -0.2) is 0 Å². The Morgan fingerprint density at radius 2 is 1.96 bits per heavy atom. The molecule has 5 heteroatoms. The summed E-state index contributed by atoms with van der Waals surface area (Å²) in [5.74, 6) is 0.550. The van der Waals surface area contributed by atoms with Crippen molar-refractivity contribution in [3.63, 3.8) is 0 Å². The molecule has 2 aromatic rings. The third-order valence-corrected chi connectivity index (χ3v) is 5.79. The molecule has 0 radical (unpaired) electrons. The lowest BCUT2D eigenvalue weighted by Gasteiger charge is -2.51. The van der Waals surface area contributed by atoms with Crippen molar-refractivity contribution in [1.29, 1.82) is 0 Å². The smallest absolute Gasteiger partial charge is 0.251 e. The van der Waals surface area contributed by atoms with Gasteiger partial charge in [0, 0.05) is 35.1 Å². The van der Waals surface area contributed by atoms with E-state index in [1.807, 2.05) is 12.3 Å². The molecule has 3 aliphatic rings. The van der Waals surface area contributed by atoms with Gasteiger partial charge in [0.25, 0.3) is 5.91 Å². The summed E-state index contributed by atoms with van der Waals surface area (Å²) in [6.07, 6.45) is 6.98. The van der Waals surface area contributed by atoms with Gasteiger partial charge >= 0.3 is 0 Å². The molecule has 2 atom stereocenters. The molecular formula is C20H22ClN3O. The van der Waals surface area contributed by atoms with Gasteiger partial charge in [0.05, 0.1) is 0 Å². The first kappa shape index (κ1) is 16.6. The third-order valence-electron chi connectivity index (χ3n) is 5.54. The molecule has 4 nitrogen and oxygen atoms in total. The highest BCUT2D eigenvalue weighted by molar-refractivity contribution is 6.30. The van der Waals surface area contributed by atoms with Gasteiger partial charge < -0.3 is 5.32 Å². The third kappa shape index (κ3) is 3.55. The van der Waals surface area contributed by atoms with Crippen molar-refractivity contribution in [1.82, 2.24) is 15.2 Å². The second-order valence-corrected chi connectivity index (χ2v) is 7.45. The first-order valence-electron chi connectivity index (χ1n) is 8.90. The molecule has 3 saturated heterocycles. The average Bonchev–Trinajstić information content (AvgIpc) is 2.66. The number of fused-ring (bicyclic) bond motifs is 3. The Morgan fingerprint density at radius 3 is 2.64 bits per heavy atom. The van der Waals surface area contributed by atoms with Crippen LogP contribution in [-0.4, -0.2) is 41.0 Å². The standard InChI is InChI=1S/C20H22ClN3O/c21-17-5-3-16(4-6-17)20(25)23-19-15-7-10-24(11-8-15)18(19)12-14-2-1-9-22-13-14/h1-6,9,13,15,18-19H,7-8,10-12H2,(H,23,25)/t18-,19-/m1/s1. The topological polar surface area (TPSA) is 45.2 Å². The maximum Gasteiger partial charge on any atom is 0.251 e. The zero-order valence-electron chi connectivity index (χ0n) is 14.1. The summed E-state index contributed by atoms with van der Waals surface area (Å²) in [7, 11) is 0. The fraction of sp³-hybridized carbons (Fsp3) is 0.400. The van der Waals surface area contributed by atoms with Gasteiger partial charge in [-0.2, -0.15) is 0 Å². The molecule has 0 saturated carbocycles. The molecule has 1 aromatic heterocycles. The van der Waals surface area contributed by atoms with Crippen molar-refractivity contribution in [3.05, 3.63) is 64.9 Å². The zero-order valence-corrected chi connectivity index (χ0v) is 14.8. The number of hydrogen-bond acceptors (Lipinski definition) is 3. The number of benzene rings is 1. The number of pyridine rings is 1. The van der Waals surface area contributed by atoms with Crippen LogP contribution in [0.2, 0.25) is 5.02 Å². The highest BCUT2D eigenvalue weighted by Gasteiger charge is 2.42. The molecular weight excluding hydrogens is 334 g/mol. The molecule has 0 aliphatic carbocycles. The molecule has 1 N–H and O–H groups in total. The predicted molar refractivity (Wildman–Crippen MR) is 98.7 cm³/mol. The number of nitrogens with one attached hydrogen (secondary N) is 1. The van der Waals surface area contributed by atoms with Crippen LogP contribution in [0, 0.1) is 5.92 Å². The number of amides is 1. The zero-order chi connectivity index (χ0) is 17.2. The number of carbonyl (C=O) groups is 1. The fourth-order valence-electron chi connectivity index (χ4n) is 4.22. The van der Waals surface area contributed by atoms with E-state index in [0.717, 1.165) is 32.4 Å². The molecule has 4 heterocycles. The summed E-state index contributed by atoms with van der Waals surface area (Å²) in [5, 5.41) is 3.96. The van der Waals surface area contributed by atoms with Gasteiger partial charge in [-0.05, 0) is 74.2 Å². The van der Waals surface area contributed by atoms with E-state index in [1.165, 1.54) is 5.56 Å². The predicted octanol–water partition coefficient (Wildman–Crippen LogP) is 3.17. The normalized spacial score (nSPS) is 27.9. The molecule has 0 unspecified atom stereocenters. The second kappa shape index (κ2) is 7.14. The van der Waals surface area contributed by atoms with E-state index in [2.05, 4.69) is 21.3 Å². The van der Waals surface area contributed by atoms with Gasteiger partial charge in [0.15, 0.2) is 0 Å². The minimum Gasteiger partial charge on any atom is -0.347 e. The minimum atomic E-state index is -0.00777. The summed E-state index contributed by atoms with van der Waals surface area (Å²) in [6, 6.07) is 11.7. The lowest BCUT2D eigenvalue weighted by Crippen LogP contribution is -2.64. The van der Waals surface area contributed by atoms with Crippen molar-refractivity contribution < 1.29 is 4.79 Å². The van der Waals surface area contributed by atoms with Crippen LogP contribution in [-0.2, 0) is 6.42 Å². The quantitative estimate of drug-likeness (QED) is 0.916. The summed E-state index contributed by atoms with van der Waals surface area (Å²) in [5.41, 5.74) is 1.90. The molecule has 1 amide bonds. The van der Waals surface area contributed by atoms with Crippen LogP contribution in [0.5, 0.6) is 0 Å². The number of halogens is 1. The Labute approximate surface area is 153 Å². The Bertz CT molecular complexity index is 726. The van der Waals surface area contributed by atoms with Crippen LogP contribution in [0.3, 0.4) is 0 Å². The van der Waals surface area contributed by atoms with E-state index in [-0.39, 0.29) is 11.9 Å². The number of aromatic nitrogens is 1. The lowest BCUT2D eigenvalue weighted by molar-refractivity contribution is 0.0136. The summed E-state index contributed by atoms with van der Waals surface area (Å²) >= 11 is 5.93. The first-order chi connectivity index (χ1) is 12.2. The van der Waals surface area contributed by atoms with Gasteiger partial charge in [0.1, 0.15) is 0 Å². The number of hydrogen-bond donors (Lipinski definition) is 1. The summed E-state index contributed by atoms with van der Waals surface area (Å²) in [6.45, 7) is 2.26. The van der Waals surface area contributed by atoms with E-state index < -0.39 is 0 Å². The summed E-state index contributed by atoms with van der Waals surface area (Å²) in [4.78, 5) is 19.5. The van der Waals surface area contributed by atoms with E-state index in [9.17, 15) is 4.79 Å². The number of rotatable bonds is 4. The van der Waals surface area contributed by atoms with Crippen LogP contribution in [0.4, 0.5) is 0 Å². The van der Waals surface area contributed by atoms with Crippen molar-refractivity contribution >= 4 is 17.5 Å². The van der Waals surface area contributed by atoms with E-state index in [1.54, 1.807) is 30.5 Å². The van der Waals surface area contributed by atoms with Crippen LogP contribution < -0.4 is 5.32 Å². The van der Waals surface area contributed by atoms with Gasteiger partial charge in [-0.1, -0.05) is 17.7 Å². The van der Waals surface area contributed by atoms with Crippen LogP contribution in [0.1, 0.15) is 28.8 Å². The highest BCUT2D eigenvalue weighted by Crippen LogP contribution is 2.34.